The van der Waals surface area contributed by atoms with Crippen LogP contribution in [0, 0.1) is 17.5 Å². The van der Waals surface area contributed by atoms with Crippen LogP contribution in [0.15, 0.2) is 48.8 Å². The topological polar surface area (TPSA) is 133 Å². The molecule has 8 fully saturated rings. The first-order valence-electron chi connectivity index (χ1n) is 28.9. The Morgan fingerprint density at radius 1 is 0.577 bits per heavy atom. The van der Waals surface area contributed by atoms with Gasteiger partial charge in [0.1, 0.15) is 53.1 Å². The van der Waals surface area contributed by atoms with Gasteiger partial charge in [0.2, 0.25) is 0 Å². The van der Waals surface area contributed by atoms with Crippen molar-refractivity contribution in [3.8, 4) is 34.5 Å². The van der Waals surface area contributed by atoms with E-state index in [1.54, 1.807) is 24.5 Å². The van der Waals surface area contributed by atoms with Crippen LogP contribution >= 0.6 is 11.6 Å². The molecule has 2 N–H and O–H groups in total. The Labute approximate surface area is 460 Å². The van der Waals surface area contributed by atoms with E-state index >= 15 is 8.78 Å². The van der Waals surface area contributed by atoms with Gasteiger partial charge >= 0.3 is 12.0 Å². The number of piperazine rings is 2. The number of nitrogens with one attached hydrogen (secondary N) is 2. The Kier molecular flexibility index (Phi) is 13.9. The molecule has 8 saturated heterocycles. The molecule has 0 saturated carbocycles. The molecule has 0 radical (unpaired) electrons. The van der Waals surface area contributed by atoms with E-state index in [4.69, 9.17) is 36.0 Å². The lowest BCUT2D eigenvalue weighted by Crippen LogP contribution is -2.51. The van der Waals surface area contributed by atoms with E-state index in [2.05, 4.69) is 59.0 Å². The van der Waals surface area contributed by atoms with E-state index in [1.807, 2.05) is 32.0 Å². The quantitative estimate of drug-likeness (QED) is 0.120. The average Bonchev–Trinajstić information content (AvgIpc) is 4.32. The summed E-state index contributed by atoms with van der Waals surface area (Å²) in [6, 6.07) is 12.4. The maximum absolute atomic E-state index is 16.5. The first-order valence-corrected chi connectivity index (χ1v) is 29.3. The summed E-state index contributed by atoms with van der Waals surface area (Å²) in [5.41, 5.74) is 3.39. The van der Waals surface area contributed by atoms with Gasteiger partial charge in [0.15, 0.2) is 11.6 Å². The summed E-state index contributed by atoms with van der Waals surface area (Å²) >= 11 is 6.56. The van der Waals surface area contributed by atoms with Crippen molar-refractivity contribution < 1.29 is 22.6 Å². The molecular formula is C60H72ClF3N12O2. The first-order chi connectivity index (χ1) is 37.8. The van der Waals surface area contributed by atoms with Gasteiger partial charge in [0, 0.05) is 78.9 Å². The third-order valence-corrected chi connectivity index (χ3v) is 19.0. The summed E-state index contributed by atoms with van der Waals surface area (Å²) in [7, 11) is 0. The van der Waals surface area contributed by atoms with Gasteiger partial charge in [-0.3, -0.25) is 19.8 Å². The van der Waals surface area contributed by atoms with Crippen molar-refractivity contribution in [3.63, 3.8) is 0 Å². The number of ether oxygens (including phenoxy) is 2. The molecule has 0 aliphatic carbocycles. The summed E-state index contributed by atoms with van der Waals surface area (Å²) in [5.74, 6) is -0.00550. The number of aromatic nitrogens is 6. The Morgan fingerprint density at radius 3 is 1.41 bits per heavy atom. The van der Waals surface area contributed by atoms with Crippen molar-refractivity contribution in [2.75, 3.05) is 75.4 Å². The van der Waals surface area contributed by atoms with Gasteiger partial charge in [0.05, 0.1) is 21.9 Å². The number of pyridine rings is 2. The highest BCUT2D eigenvalue weighted by Gasteiger charge is 2.47. The molecule has 0 spiro atoms. The second-order valence-corrected chi connectivity index (χ2v) is 24.6. The third-order valence-electron chi connectivity index (χ3n) is 18.7. The molecule has 14 rings (SSSR count). The van der Waals surface area contributed by atoms with Gasteiger partial charge in [-0.1, -0.05) is 63.6 Å². The molecule has 2 aromatic carbocycles. The fourth-order valence-electron chi connectivity index (χ4n) is 15.0. The minimum Gasteiger partial charge on any atom is -0.461 e. The minimum absolute atomic E-state index is 0.0301. The number of hydrogen-bond donors (Lipinski definition) is 2. The van der Waals surface area contributed by atoms with Crippen LogP contribution in [0.2, 0.25) is 5.02 Å². The summed E-state index contributed by atoms with van der Waals surface area (Å²) < 4.78 is 60.4. The zero-order valence-corrected chi connectivity index (χ0v) is 46.2. The number of fused-ring (bicyclic) bond motifs is 8. The van der Waals surface area contributed by atoms with Crippen molar-refractivity contribution in [2.45, 2.75) is 152 Å². The van der Waals surface area contributed by atoms with Crippen LogP contribution in [0.1, 0.15) is 128 Å². The number of nitrogens with zero attached hydrogens (tertiary/aromatic N) is 10. The van der Waals surface area contributed by atoms with Crippen LogP contribution in [-0.4, -0.2) is 141 Å². The molecule has 14 nitrogen and oxygen atoms in total. The van der Waals surface area contributed by atoms with E-state index in [0.29, 0.717) is 81.5 Å². The SMILES string of the molecule is CC(C)c1c(Cl)cccc1-c1ncc2c(N3CC4CCC(C3)N4)nc(OCC34CCCN3CCC4)nc2c1F.CC(C)c1c(F)cccc1-c1ncc2c(N3CC4CCC(C3)N4)nc(OCC34CCCN3CCC4)nc2c1F. The molecule has 4 aromatic heterocycles. The zero-order chi connectivity index (χ0) is 53.5. The van der Waals surface area contributed by atoms with Gasteiger partial charge in [-0.15, -0.1) is 0 Å². The number of rotatable bonds is 12. The number of anilines is 2. The smallest absolute Gasteiger partial charge is 0.319 e. The average molecular weight is 1090 g/mol. The number of benzene rings is 2. The highest BCUT2D eigenvalue weighted by Crippen LogP contribution is 2.44. The molecule has 6 aromatic rings. The van der Waals surface area contributed by atoms with E-state index in [9.17, 15) is 4.39 Å². The van der Waals surface area contributed by atoms with Gasteiger partial charge in [-0.2, -0.15) is 19.9 Å². The molecule has 78 heavy (non-hydrogen) atoms. The highest BCUT2D eigenvalue weighted by atomic mass is 35.5. The summed E-state index contributed by atoms with van der Waals surface area (Å²) in [4.78, 5) is 37.9. The van der Waals surface area contributed by atoms with Crippen LogP contribution in [-0.2, 0) is 0 Å². The number of halogens is 4. The van der Waals surface area contributed by atoms with Gasteiger partial charge in [-0.05, 0) is 138 Å². The minimum atomic E-state index is -0.562. The lowest BCUT2D eigenvalue weighted by molar-refractivity contribution is 0.108. The Morgan fingerprint density at radius 2 is 0.987 bits per heavy atom. The molecule has 12 heterocycles. The van der Waals surface area contributed by atoms with Crippen LogP contribution in [0.4, 0.5) is 24.8 Å². The van der Waals surface area contributed by atoms with Crippen LogP contribution < -0.4 is 29.9 Å². The second-order valence-electron chi connectivity index (χ2n) is 24.2. The standard InChI is InChI=1S/C30H36ClFN6O.C30H36F2N6O/c2*1-18(2)24-21(6-3-7-23(24)31)26-25(32)27-22(14-33-26)28(37-15-19-8-9-20(16-37)34-19)36-29(35-27)39-17-30-10-4-12-38(30)13-5-11-30/h2*3,6-7,14,18-20,34H,4-5,8-13,15-17H2,1-2H3. The van der Waals surface area contributed by atoms with Crippen molar-refractivity contribution >= 4 is 45.0 Å². The van der Waals surface area contributed by atoms with Crippen LogP contribution in [0.3, 0.4) is 0 Å². The van der Waals surface area contributed by atoms with E-state index < -0.39 is 11.6 Å². The monoisotopic (exact) mass is 1080 g/mol. The Balaban J connectivity index is 0.000000148. The lowest BCUT2D eigenvalue weighted by atomic mass is 9.94. The maximum Gasteiger partial charge on any atom is 0.319 e. The van der Waals surface area contributed by atoms with Gasteiger partial charge < -0.3 is 29.9 Å². The van der Waals surface area contributed by atoms with Crippen LogP contribution in [0.5, 0.6) is 12.0 Å². The van der Waals surface area contributed by atoms with E-state index in [1.165, 1.54) is 31.7 Å². The van der Waals surface area contributed by atoms with Crippen molar-refractivity contribution in [1.82, 2.24) is 50.3 Å². The molecule has 0 amide bonds. The second kappa shape index (κ2) is 20.9. The zero-order valence-electron chi connectivity index (χ0n) is 45.4. The lowest BCUT2D eigenvalue weighted by Gasteiger charge is -2.34. The number of hydrogen-bond acceptors (Lipinski definition) is 14. The predicted octanol–water partition coefficient (Wildman–Crippen LogP) is 10.6. The summed E-state index contributed by atoms with van der Waals surface area (Å²) in [6.45, 7) is 16.7. The highest BCUT2D eigenvalue weighted by molar-refractivity contribution is 6.31. The van der Waals surface area contributed by atoms with Gasteiger partial charge in [0.25, 0.3) is 0 Å². The van der Waals surface area contributed by atoms with Crippen molar-refractivity contribution in [1.29, 1.82) is 0 Å². The molecular weight excluding hydrogens is 1010 g/mol. The summed E-state index contributed by atoms with van der Waals surface area (Å²) in [6.07, 6.45) is 17.1. The fourth-order valence-corrected chi connectivity index (χ4v) is 15.3. The van der Waals surface area contributed by atoms with Crippen molar-refractivity contribution in [3.05, 3.63) is 82.4 Å². The van der Waals surface area contributed by atoms with E-state index in [-0.39, 0.29) is 63.2 Å². The molecule has 412 valence electrons. The molecule has 8 aliphatic rings. The van der Waals surface area contributed by atoms with Crippen molar-refractivity contribution in [2.24, 2.45) is 0 Å². The molecule has 4 unspecified atom stereocenters. The van der Waals surface area contributed by atoms with E-state index in [0.717, 1.165) is 109 Å². The molecule has 4 atom stereocenters. The molecule has 4 bridgehead atoms. The maximum atomic E-state index is 16.5. The van der Waals surface area contributed by atoms with Crippen LogP contribution in [0.25, 0.3) is 44.3 Å². The normalized spacial score (nSPS) is 24.2. The predicted molar refractivity (Wildman–Crippen MR) is 299 cm³/mol. The summed E-state index contributed by atoms with van der Waals surface area (Å²) in [5, 5.41) is 9.14. The Bertz CT molecular complexity index is 3000. The first kappa shape index (κ1) is 51.9. The van der Waals surface area contributed by atoms with Gasteiger partial charge in [-0.25, -0.2) is 13.2 Å². The third kappa shape index (κ3) is 9.40. The largest absolute Gasteiger partial charge is 0.461 e. The fraction of sp³-hybridized carbons (Fsp3) is 0.567. The Hall–Kier alpha value is -5.46. The molecule has 18 heteroatoms. The molecule has 8 aliphatic heterocycles.